The number of carboxylic acid groups (broad SMARTS) is 1. The van der Waals surface area contributed by atoms with Crippen LogP contribution in [0, 0.1) is 10.8 Å². The van der Waals surface area contributed by atoms with E-state index in [-0.39, 0.29) is 77.3 Å². The lowest BCUT2D eigenvalue weighted by molar-refractivity contribution is -0.161. The first kappa shape index (κ1) is 51.3. The molecule has 2 atom stereocenters. The number of carbonyl (C=O) groups excluding carboxylic acids is 6. The molecule has 0 aliphatic rings. The van der Waals surface area contributed by atoms with Crippen molar-refractivity contribution in [2.24, 2.45) is 10.8 Å². The molecule has 0 aromatic heterocycles. The van der Waals surface area contributed by atoms with Gasteiger partial charge in [-0.05, 0) is 44.9 Å². The summed E-state index contributed by atoms with van der Waals surface area (Å²) in [4.78, 5) is 82.1. The summed E-state index contributed by atoms with van der Waals surface area (Å²) in [5.41, 5.74) is -1.69. The summed E-state index contributed by atoms with van der Waals surface area (Å²) in [5, 5.41) is 8.70. The lowest BCUT2D eigenvalue weighted by Gasteiger charge is -2.30. The van der Waals surface area contributed by atoms with Crippen LogP contribution >= 0.6 is 0 Å². The minimum Gasteiger partial charge on any atom is -0.481 e. The van der Waals surface area contributed by atoms with Crippen LogP contribution < -0.4 is 0 Å². The zero-order valence-electron chi connectivity index (χ0n) is 33.9. The second-order valence-corrected chi connectivity index (χ2v) is 14.6. The van der Waals surface area contributed by atoms with Crippen LogP contribution in [0.25, 0.3) is 0 Å². The average molecular weight is 787 g/mol. The Bertz CT molecular complexity index is 1080. The smallest absolute Gasteiger partial charge is 0.305 e. The molecule has 55 heavy (non-hydrogen) atoms. The largest absolute Gasteiger partial charge is 0.481 e. The summed E-state index contributed by atoms with van der Waals surface area (Å²) in [5.74, 6) is -2.33. The Morgan fingerprint density at radius 3 is 0.945 bits per heavy atom. The lowest BCUT2D eigenvalue weighted by Crippen LogP contribution is -2.38. The van der Waals surface area contributed by atoms with Gasteiger partial charge in [-0.3, -0.25) is 33.6 Å². The normalized spacial score (nSPS) is 13.1. The minimum absolute atomic E-state index is 0.0119. The van der Waals surface area contributed by atoms with Gasteiger partial charge in [-0.15, -0.1) is 0 Å². The summed E-state index contributed by atoms with van der Waals surface area (Å²) in [6.45, 7) is 6.19. The molecule has 0 radical (unpaired) electrons. The van der Waals surface area contributed by atoms with Gasteiger partial charge < -0.3 is 33.5 Å². The van der Waals surface area contributed by atoms with E-state index in [1.54, 1.807) is 0 Å². The molecule has 14 nitrogen and oxygen atoms in total. The summed E-state index contributed by atoms with van der Waals surface area (Å²) in [7, 11) is 0. The predicted molar refractivity (Wildman–Crippen MR) is 204 cm³/mol. The fraction of sp³-hybridized carbons (Fsp3) is 0.829. The fourth-order valence-electron chi connectivity index (χ4n) is 5.70. The Hall–Kier alpha value is -3.71. The van der Waals surface area contributed by atoms with Gasteiger partial charge in [0.1, 0.15) is 39.6 Å². The van der Waals surface area contributed by atoms with E-state index >= 15 is 0 Å². The predicted octanol–water partition coefficient (Wildman–Crippen LogP) is 7.59. The molecule has 2 unspecified atom stereocenters. The van der Waals surface area contributed by atoms with Crippen LogP contribution in [0.2, 0.25) is 0 Å². The Labute approximate surface area is 328 Å². The van der Waals surface area contributed by atoms with Crippen LogP contribution in [0.1, 0.15) is 168 Å². The number of esters is 4. The van der Waals surface area contributed by atoms with Crippen LogP contribution in [0.4, 0.5) is 0 Å². The fourth-order valence-corrected chi connectivity index (χ4v) is 5.70. The van der Waals surface area contributed by atoms with Crippen molar-refractivity contribution < 1.29 is 67.1 Å². The highest BCUT2D eigenvalue weighted by atomic mass is 16.6. The van der Waals surface area contributed by atoms with Gasteiger partial charge in [-0.2, -0.15) is 0 Å². The maximum Gasteiger partial charge on any atom is 0.305 e. The van der Waals surface area contributed by atoms with Gasteiger partial charge in [0.25, 0.3) is 12.9 Å². The Kier molecular flexibility index (Phi) is 31.3. The van der Waals surface area contributed by atoms with Gasteiger partial charge in [-0.25, -0.2) is 0 Å². The molecular formula is C41H70O14. The highest BCUT2D eigenvalue weighted by molar-refractivity contribution is 5.70. The van der Waals surface area contributed by atoms with Crippen molar-refractivity contribution in [1.29, 1.82) is 0 Å². The van der Waals surface area contributed by atoms with Gasteiger partial charge in [0.15, 0.2) is 0 Å². The maximum atomic E-state index is 12.5. The molecule has 0 amide bonds. The first-order valence-corrected chi connectivity index (χ1v) is 20.5. The highest BCUT2D eigenvalue weighted by Crippen LogP contribution is 2.26. The van der Waals surface area contributed by atoms with Crippen LogP contribution in [-0.4, -0.2) is 87.5 Å². The van der Waals surface area contributed by atoms with E-state index in [0.29, 0.717) is 57.9 Å². The molecule has 0 heterocycles. The zero-order valence-corrected chi connectivity index (χ0v) is 33.9. The number of aliphatic carboxylic acids is 1. The van der Waals surface area contributed by atoms with E-state index in [4.69, 9.17) is 33.5 Å². The molecule has 1 N–H and O–H groups in total. The second kappa shape index (κ2) is 33.6. The van der Waals surface area contributed by atoms with Crippen molar-refractivity contribution >= 4 is 42.8 Å². The molecule has 318 valence electrons. The molecule has 0 saturated carbocycles. The molecule has 0 saturated heterocycles. The van der Waals surface area contributed by atoms with E-state index in [2.05, 4.69) is 6.92 Å². The zero-order chi connectivity index (χ0) is 41.0. The maximum absolute atomic E-state index is 12.5. The molecule has 0 rings (SSSR count). The van der Waals surface area contributed by atoms with E-state index in [9.17, 15) is 33.6 Å². The number of carboxylic acids is 1. The first-order chi connectivity index (χ1) is 26.5. The number of hydrogen-bond donors (Lipinski definition) is 1. The number of rotatable bonds is 39. The first-order valence-electron chi connectivity index (χ1n) is 20.5. The lowest BCUT2D eigenvalue weighted by atomic mass is 9.88. The van der Waals surface area contributed by atoms with E-state index in [0.717, 1.165) is 70.6 Å². The number of hydrogen-bond acceptors (Lipinski definition) is 13. The summed E-state index contributed by atoms with van der Waals surface area (Å²) < 4.78 is 32.0. The van der Waals surface area contributed by atoms with Gasteiger partial charge in [0.05, 0.1) is 10.8 Å². The molecule has 14 heteroatoms. The molecule has 0 spiro atoms. The molecule has 0 fully saturated rings. The number of ether oxygens (including phenoxy) is 6. The number of carbonyl (C=O) groups is 7. The quantitative estimate of drug-likeness (QED) is 0.0277. The van der Waals surface area contributed by atoms with Crippen molar-refractivity contribution in [3.05, 3.63) is 0 Å². The van der Waals surface area contributed by atoms with Crippen LogP contribution in [-0.2, 0) is 62.0 Å². The van der Waals surface area contributed by atoms with E-state index in [1.807, 2.05) is 13.8 Å². The Morgan fingerprint density at radius 1 is 0.418 bits per heavy atom. The summed E-state index contributed by atoms with van der Waals surface area (Å²) in [6, 6.07) is 0. The van der Waals surface area contributed by atoms with Gasteiger partial charge in [0.2, 0.25) is 0 Å². The summed E-state index contributed by atoms with van der Waals surface area (Å²) in [6.07, 6.45) is 15.4. The van der Waals surface area contributed by atoms with Crippen molar-refractivity contribution in [1.82, 2.24) is 0 Å². The standard InChI is InChI=1S/C41H70O14/c1-4-7-8-9-13-18-23-36(46)52-29-40(5-2,27-50-33-42)31-54-38(48)25-20-15-11-16-21-26-39(49)55-32-41(6-3,28-51-34-43)30-53-37(47)24-19-14-10-12-17-22-35(44)45/h33-34H,4-32H2,1-3H3,(H,44,45). The van der Waals surface area contributed by atoms with Crippen molar-refractivity contribution in [2.75, 3.05) is 39.6 Å². The molecule has 0 aliphatic carbocycles. The van der Waals surface area contributed by atoms with Crippen molar-refractivity contribution in [3.63, 3.8) is 0 Å². The molecule has 0 aromatic carbocycles. The second-order valence-electron chi connectivity index (χ2n) is 14.6. The third-order valence-electron chi connectivity index (χ3n) is 9.84. The monoisotopic (exact) mass is 786 g/mol. The van der Waals surface area contributed by atoms with Gasteiger partial charge in [-0.1, -0.05) is 91.4 Å². The van der Waals surface area contributed by atoms with Gasteiger partial charge in [0, 0.05) is 32.1 Å². The highest BCUT2D eigenvalue weighted by Gasteiger charge is 2.34. The van der Waals surface area contributed by atoms with E-state index in [1.165, 1.54) is 6.42 Å². The third-order valence-corrected chi connectivity index (χ3v) is 9.84. The number of unbranched alkanes of at least 4 members (excludes halogenated alkanes) is 13. The minimum atomic E-state index is -0.867. The van der Waals surface area contributed by atoms with Crippen molar-refractivity contribution in [2.45, 2.75) is 168 Å². The molecule has 0 bridgehead atoms. The van der Waals surface area contributed by atoms with E-state index < -0.39 is 28.7 Å². The van der Waals surface area contributed by atoms with Gasteiger partial charge >= 0.3 is 29.8 Å². The Morgan fingerprint density at radius 2 is 0.691 bits per heavy atom. The summed E-state index contributed by atoms with van der Waals surface area (Å²) >= 11 is 0. The van der Waals surface area contributed by atoms with Crippen LogP contribution in [0.3, 0.4) is 0 Å². The van der Waals surface area contributed by atoms with Crippen LogP contribution in [0.5, 0.6) is 0 Å². The molecule has 0 aromatic rings. The SMILES string of the molecule is CCCCCCCCC(=O)OCC(CC)(COC=O)COC(=O)CCCCCCCC(=O)OCC(CC)(COC=O)COC(=O)CCCCCCCC(=O)O. The topological polar surface area (TPSA) is 195 Å². The van der Waals surface area contributed by atoms with Crippen LogP contribution in [0.15, 0.2) is 0 Å². The molecular weight excluding hydrogens is 716 g/mol. The third kappa shape index (κ3) is 28.4. The molecule has 0 aliphatic heterocycles. The Balaban J connectivity index is 4.45. The van der Waals surface area contributed by atoms with Crippen molar-refractivity contribution in [3.8, 4) is 0 Å². The average Bonchev–Trinajstić information content (AvgIpc) is 3.18.